The van der Waals surface area contributed by atoms with Gasteiger partial charge in [0.05, 0.1) is 5.69 Å². The van der Waals surface area contributed by atoms with Crippen molar-refractivity contribution in [3.05, 3.63) is 65.7 Å². The predicted octanol–water partition coefficient (Wildman–Crippen LogP) is 4.34. The number of hydrogen-bond donors (Lipinski definition) is 2. The molecule has 0 unspecified atom stereocenters. The summed E-state index contributed by atoms with van der Waals surface area (Å²) in [5, 5.41) is 10.1. The maximum atomic E-state index is 13.7. The van der Waals surface area contributed by atoms with Crippen LogP contribution in [0.2, 0.25) is 0 Å². The smallest absolute Gasteiger partial charge is 0.320 e. The Balaban J connectivity index is 1.33. The van der Waals surface area contributed by atoms with Crippen LogP contribution in [0.4, 0.5) is 15.0 Å². The summed E-state index contributed by atoms with van der Waals surface area (Å²) in [5.74, 6) is 1.05. The average Bonchev–Trinajstić information content (AvgIpc) is 3.00. The summed E-state index contributed by atoms with van der Waals surface area (Å²) in [6.07, 6.45) is 5.10. The van der Waals surface area contributed by atoms with Gasteiger partial charge in [-0.1, -0.05) is 18.6 Å². The number of amides is 2. The van der Waals surface area contributed by atoms with Crippen molar-refractivity contribution < 1.29 is 13.9 Å². The molecule has 2 amide bonds. The molecule has 3 aromatic rings. The Morgan fingerprint density at radius 1 is 1.28 bits per heavy atom. The van der Waals surface area contributed by atoms with Crippen LogP contribution in [0.3, 0.4) is 0 Å². The fourth-order valence-corrected chi connectivity index (χ4v) is 3.11. The lowest BCUT2D eigenvalue weighted by Gasteiger charge is -2.22. The molecule has 0 radical (unpaired) electrons. The Bertz CT molecular complexity index is 1020. The first kappa shape index (κ1) is 18.9. The normalized spacial score (nSPS) is 13.6. The zero-order valence-electron chi connectivity index (χ0n) is 16.1. The van der Waals surface area contributed by atoms with Crippen LogP contribution >= 0.6 is 0 Å². The van der Waals surface area contributed by atoms with E-state index >= 15 is 0 Å². The van der Waals surface area contributed by atoms with Gasteiger partial charge in [0, 0.05) is 37.8 Å². The molecule has 1 aliphatic rings. The fraction of sp³-hybridized carbons (Fsp3) is 0.286. The molecule has 1 fully saturated rings. The molecule has 1 aliphatic carbocycles. The molecule has 29 heavy (non-hydrogen) atoms. The van der Waals surface area contributed by atoms with Gasteiger partial charge in [0.1, 0.15) is 5.82 Å². The molecule has 7 nitrogen and oxygen atoms in total. The van der Waals surface area contributed by atoms with E-state index in [0.717, 1.165) is 24.1 Å². The number of rotatable bonds is 6. The number of carbonyl (C=O) groups excluding carboxylic acids is 1. The molecular weight excluding hydrogens is 373 g/mol. The second-order valence-electron chi connectivity index (χ2n) is 7.05. The minimum Gasteiger partial charge on any atom is -0.436 e. The highest BCUT2D eigenvalue weighted by Gasteiger charge is 2.23. The van der Waals surface area contributed by atoms with Gasteiger partial charge in [0.2, 0.25) is 5.88 Å². The Morgan fingerprint density at radius 2 is 2.10 bits per heavy atom. The van der Waals surface area contributed by atoms with Crippen LogP contribution in [-0.2, 0) is 13.6 Å². The number of para-hydroxylation sites is 1. The number of urea groups is 1. The van der Waals surface area contributed by atoms with Crippen molar-refractivity contribution in [3.8, 4) is 11.6 Å². The average molecular weight is 395 g/mol. The highest BCUT2D eigenvalue weighted by atomic mass is 19.1. The lowest BCUT2D eigenvalue weighted by molar-refractivity contribution is 0.251. The van der Waals surface area contributed by atoms with Crippen molar-refractivity contribution in [2.24, 2.45) is 7.05 Å². The van der Waals surface area contributed by atoms with E-state index in [9.17, 15) is 9.18 Å². The molecule has 0 aliphatic heterocycles. The van der Waals surface area contributed by atoms with Crippen LogP contribution in [0.25, 0.3) is 0 Å². The molecule has 0 saturated heterocycles. The standard InChI is InChI=1S/C21H22FN5O2/c1-27-19(12-17(26-27)15-5-4-6-15)25-21(28)24-13-14-9-10-23-20(11-14)29-18-8-3-2-7-16(18)22/h2-3,7-12,15H,4-6,13H2,1H3,(H2,24,25,28). The number of halogens is 1. The first-order chi connectivity index (χ1) is 14.1. The highest BCUT2D eigenvalue weighted by molar-refractivity contribution is 5.88. The number of aromatic nitrogens is 3. The SMILES string of the molecule is Cn1nc(C2CCC2)cc1NC(=O)NCc1ccnc(Oc2ccccc2F)c1. The number of benzene rings is 1. The summed E-state index contributed by atoms with van der Waals surface area (Å²) < 4.78 is 20.9. The van der Waals surface area contributed by atoms with Gasteiger partial charge < -0.3 is 10.1 Å². The van der Waals surface area contributed by atoms with Gasteiger partial charge in [-0.3, -0.25) is 10.00 Å². The second kappa shape index (κ2) is 8.30. The number of pyridine rings is 1. The van der Waals surface area contributed by atoms with Crippen molar-refractivity contribution in [2.45, 2.75) is 31.7 Å². The molecule has 1 saturated carbocycles. The molecule has 0 atom stereocenters. The monoisotopic (exact) mass is 395 g/mol. The van der Waals surface area contributed by atoms with Crippen LogP contribution in [0, 0.1) is 5.82 Å². The van der Waals surface area contributed by atoms with Gasteiger partial charge in [-0.15, -0.1) is 0 Å². The third-order valence-corrected chi connectivity index (χ3v) is 4.97. The number of ether oxygens (including phenoxy) is 1. The van der Waals surface area contributed by atoms with Crippen LogP contribution in [0.1, 0.15) is 36.4 Å². The summed E-state index contributed by atoms with van der Waals surface area (Å²) in [5.41, 5.74) is 1.81. The maximum Gasteiger partial charge on any atom is 0.320 e. The summed E-state index contributed by atoms with van der Waals surface area (Å²) in [4.78, 5) is 16.3. The molecule has 2 aromatic heterocycles. The van der Waals surface area contributed by atoms with Crippen LogP contribution in [0.5, 0.6) is 11.6 Å². The summed E-state index contributed by atoms with van der Waals surface area (Å²) >= 11 is 0. The molecule has 0 bridgehead atoms. The molecular formula is C21H22FN5O2. The molecule has 8 heteroatoms. The lowest BCUT2D eigenvalue weighted by atomic mass is 9.83. The van der Waals surface area contributed by atoms with Crippen molar-refractivity contribution >= 4 is 11.8 Å². The molecule has 1 aromatic carbocycles. The van der Waals surface area contributed by atoms with E-state index in [2.05, 4.69) is 20.7 Å². The topological polar surface area (TPSA) is 81.1 Å². The third kappa shape index (κ3) is 4.53. The van der Waals surface area contributed by atoms with E-state index in [-0.39, 0.29) is 24.2 Å². The Labute approximate surface area is 167 Å². The lowest BCUT2D eigenvalue weighted by Crippen LogP contribution is -2.29. The number of nitrogens with zero attached hydrogens (tertiary/aromatic N) is 3. The van der Waals surface area contributed by atoms with E-state index in [1.165, 1.54) is 18.6 Å². The number of aryl methyl sites for hydroxylation is 1. The van der Waals surface area contributed by atoms with Crippen molar-refractivity contribution in [2.75, 3.05) is 5.32 Å². The van der Waals surface area contributed by atoms with Gasteiger partial charge in [-0.25, -0.2) is 14.2 Å². The minimum atomic E-state index is -0.463. The van der Waals surface area contributed by atoms with Crippen molar-refractivity contribution in [1.82, 2.24) is 20.1 Å². The van der Waals surface area contributed by atoms with Gasteiger partial charge in [-0.05, 0) is 36.6 Å². The summed E-state index contributed by atoms with van der Waals surface area (Å²) in [6.45, 7) is 0.273. The Kier molecular flexibility index (Phi) is 5.41. The van der Waals surface area contributed by atoms with Crippen molar-refractivity contribution in [3.63, 3.8) is 0 Å². The minimum absolute atomic E-state index is 0.0985. The predicted molar refractivity (Wildman–Crippen MR) is 106 cm³/mol. The Hall–Kier alpha value is -3.42. The number of nitrogens with one attached hydrogen (secondary N) is 2. The van der Waals surface area contributed by atoms with Crippen molar-refractivity contribution in [1.29, 1.82) is 0 Å². The zero-order valence-corrected chi connectivity index (χ0v) is 16.1. The summed E-state index contributed by atoms with van der Waals surface area (Å²) in [7, 11) is 1.81. The molecule has 150 valence electrons. The third-order valence-electron chi connectivity index (χ3n) is 4.97. The fourth-order valence-electron chi connectivity index (χ4n) is 3.11. The van der Waals surface area contributed by atoms with Crippen LogP contribution in [-0.4, -0.2) is 20.8 Å². The number of anilines is 1. The molecule has 2 heterocycles. The van der Waals surface area contributed by atoms with Crippen LogP contribution < -0.4 is 15.4 Å². The number of hydrogen-bond acceptors (Lipinski definition) is 4. The van der Waals surface area contributed by atoms with E-state index in [4.69, 9.17) is 4.74 Å². The van der Waals surface area contributed by atoms with E-state index in [0.29, 0.717) is 11.7 Å². The largest absolute Gasteiger partial charge is 0.436 e. The van der Waals surface area contributed by atoms with Gasteiger partial charge in [0.25, 0.3) is 0 Å². The first-order valence-corrected chi connectivity index (χ1v) is 9.54. The van der Waals surface area contributed by atoms with E-state index in [1.807, 2.05) is 13.1 Å². The van der Waals surface area contributed by atoms with Gasteiger partial charge in [-0.2, -0.15) is 5.10 Å². The first-order valence-electron chi connectivity index (χ1n) is 9.54. The maximum absolute atomic E-state index is 13.7. The molecule has 4 rings (SSSR count). The molecule has 0 spiro atoms. The van der Waals surface area contributed by atoms with Crippen LogP contribution in [0.15, 0.2) is 48.7 Å². The number of carbonyl (C=O) groups is 1. The van der Waals surface area contributed by atoms with E-state index < -0.39 is 5.82 Å². The second-order valence-corrected chi connectivity index (χ2v) is 7.05. The van der Waals surface area contributed by atoms with E-state index in [1.54, 1.807) is 35.1 Å². The highest BCUT2D eigenvalue weighted by Crippen LogP contribution is 2.36. The molecule has 2 N–H and O–H groups in total. The van der Waals surface area contributed by atoms with Gasteiger partial charge >= 0.3 is 6.03 Å². The summed E-state index contributed by atoms with van der Waals surface area (Å²) in [6, 6.07) is 11.1. The Morgan fingerprint density at radius 3 is 2.86 bits per heavy atom. The van der Waals surface area contributed by atoms with Gasteiger partial charge in [0.15, 0.2) is 11.6 Å². The zero-order chi connectivity index (χ0) is 20.2. The quantitative estimate of drug-likeness (QED) is 0.651.